The van der Waals surface area contributed by atoms with Crippen molar-refractivity contribution in [2.24, 2.45) is 11.8 Å². The van der Waals surface area contributed by atoms with Crippen molar-refractivity contribution >= 4 is 33.6 Å². The number of nitrogens with one attached hydrogen (secondary N) is 1. The van der Waals surface area contributed by atoms with Gasteiger partial charge in [0.05, 0.1) is 24.3 Å². The van der Waals surface area contributed by atoms with Crippen LogP contribution in [0.15, 0.2) is 72.8 Å². The lowest BCUT2D eigenvalue weighted by atomic mass is 9.78. The highest BCUT2D eigenvalue weighted by molar-refractivity contribution is 7.88. The first-order chi connectivity index (χ1) is 23.3. The molecule has 10 nitrogen and oxygen atoms in total. The Morgan fingerprint density at radius 2 is 1.39 bits per heavy atom. The minimum Gasteiger partial charge on any atom is -0.481 e. The number of carboxylic acids is 2. The summed E-state index contributed by atoms with van der Waals surface area (Å²) in [6.07, 6.45) is 6.25. The number of benzene rings is 3. The normalized spacial score (nSPS) is 16.8. The molecular formula is C37H45FN2O8S. The Hall–Kier alpha value is -4.13. The van der Waals surface area contributed by atoms with Gasteiger partial charge in [0.25, 0.3) is 0 Å². The standard InChI is InChI=1S/C37H45FN2O8S/c1-49(47,48)39-24-6-2-3-7-26-12-20-30(21-13-26)40-34(31(35(40)42)22-23-33(41)27-16-18-29(38)19-17-27)28-14-10-25(11-15-28)8-4-5-9-32(36(43)44)37(45)46/h10-21,31-34,39,41H,2-9,22-24H2,1H3,(H,43,44)(H,45,46)/t31-,33+,34-/m1/s1. The van der Waals surface area contributed by atoms with E-state index in [2.05, 4.69) is 4.72 Å². The SMILES string of the molecule is CS(=O)(=O)NCCCCCc1ccc(N2C(=O)[C@H](CC[C@H](O)c3ccc(F)cc3)[C@H]2c2ccc(CCCCC(C(=O)O)C(=O)O)cc2)cc1. The number of nitrogens with zero attached hydrogens (tertiary/aromatic N) is 1. The van der Waals surface area contributed by atoms with Gasteiger partial charge in [0, 0.05) is 12.2 Å². The van der Waals surface area contributed by atoms with E-state index in [0.717, 1.165) is 54.3 Å². The molecule has 4 N–H and O–H groups in total. The molecule has 3 aromatic rings. The molecule has 1 aliphatic heterocycles. The molecule has 0 saturated carbocycles. The highest BCUT2D eigenvalue weighted by Crippen LogP contribution is 2.46. The fraction of sp³-hybridized carbons (Fsp3) is 0.432. The lowest BCUT2D eigenvalue weighted by Gasteiger charge is -2.48. The zero-order valence-electron chi connectivity index (χ0n) is 27.6. The predicted octanol–water partition coefficient (Wildman–Crippen LogP) is 5.80. The van der Waals surface area contributed by atoms with E-state index in [4.69, 9.17) is 10.2 Å². The highest BCUT2D eigenvalue weighted by atomic mass is 32.2. The van der Waals surface area contributed by atoms with Crippen LogP contribution < -0.4 is 9.62 Å². The van der Waals surface area contributed by atoms with Crippen LogP contribution in [0.4, 0.5) is 10.1 Å². The molecule has 0 aliphatic carbocycles. The van der Waals surface area contributed by atoms with Crippen LogP contribution in [0.5, 0.6) is 0 Å². The predicted molar refractivity (Wildman–Crippen MR) is 184 cm³/mol. The van der Waals surface area contributed by atoms with Crippen LogP contribution in [-0.4, -0.2) is 54.4 Å². The van der Waals surface area contributed by atoms with Crippen LogP contribution in [0, 0.1) is 17.7 Å². The van der Waals surface area contributed by atoms with Crippen LogP contribution in [0.1, 0.15) is 85.8 Å². The molecule has 3 aromatic carbocycles. The molecule has 4 rings (SSSR count). The number of rotatable bonds is 20. The van der Waals surface area contributed by atoms with E-state index in [9.17, 15) is 32.3 Å². The summed E-state index contributed by atoms with van der Waals surface area (Å²) in [5.41, 5.74) is 4.43. The van der Waals surface area contributed by atoms with Crippen molar-refractivity contribution in [3.05, 3.63) is 101 Å². The molecule has 1 amide bonds. The van der Waals surface area contributed by atoms with Crippen LogP contribution in [0.25, 0.3) is 0 Å². The lowest BCUT2D eigenvalue weighted by molar-refractivity contribution is -0.154. The average molecular weight is 697 g/mol. The summed E-state index contributed by atoms with van der Waals surface area (Å²) in [4.78, 5) is 37.7. The number of unbranched alkanes of at least 4 members (excludes halogenated alkanes) is 3. The smallest absolute Gasteiger partial charge is 0.317 e. The molecule has 0 radical (unpaired) electrons. The summed E-state index contributed by atoms with van der Waals surface area (Å²) in [6, 6.07) is 21.2. The third-order valence-electron chi connectivity index (χ3n) is 9.07. The fourth-order valence-corrected chi connectivity index (χ4v) is 6.83. The summed E-state index contributed by atoms with van der Waals surface area (Å²) in [5.74, 6) is -4.87. The van der Waals surface area contributed by atoms with Gasteiger partial charge < -0.3 is 20.2 Å². The number of amides is 1. The van der Waals surface area contributed by atoms with E-state index in [1.54, 1.807) is 17.0 Å². The van der Waals surface area contributed by atoms with E-state index in [1.165, 1.54) is 12.1 Å². The maximum atomic E-state index is 13.6. The zero-order chi connectivity index (χ0) is 35.6. The average Bonchev–Trinajstić information content (AvgIpc) is 3.05. The second-order valence-electron chi connectivity index (χ2n) is 12.8. The number of aliphatic hydroxyl groups is 1. The topological polar surface area (TPSA) is 161 Å². The molecule has 0 aromatic heterocycles. The first-order valence-corrected chi connectivity index (χ1v) is 18.6. The van der Waals surface area contributed by atoms with E-state index < -0.39 is 34.0 Å². The molecule has 264 valence electrons. The van der Waals surface area contributed by atoms with Crippen molar-refractivity contribution in [1.29, 1.82) is 0 Å². The monoisotopic (exact) mass is 696 g/mol. The third kappa shape index (κ3) is 10.9. The molecule has 49 heavy (non-hydrogen) atoms. The molecule has 1 fully saturated rings. The molecule has 0 unspecified atom stereocenters. The van der Waals surface area contributed by atoms with Crippen molar-refractivity contribution in [3.63, 3.8) is 0 Å². The number of carboxylic acid groups (broad SMARTS) is 2. The summed E-state index contributed by atoms with van der Waals surface area (Å²) < 4.78 is 38.3. The first kappa shape index (κ1) is 37.7. The van der Waals surface area contributed by atoms with Crippen molar-refractivity contribution in [2.75, 3.05) is 17.7 Å². The van der Waals surface area contributed by atoms with Crippen LogP contribution in [-0.2, 0) is 37.2 Å². The molecule has 0 spiro atoms. The van der Waals surface area contributed by atoms with Crippen LogP contribution in [0.2, 0.25) is 0 Å². The van der Waals surface area contributed by atoms with Gasteiger partial charge >= 0.3 is 11.9 Å². The minimum atomic E-state index is -3.18. The first-order valence-electron chi connectivity index (χ1n) is 16.7. The van der Waals surface area contributed by atoms with Gasteiger partial charge in [-0.05, 0) is 97.9 Å². The van der Waals surface area contributed by atoms with Gasteiger partial charge in [0.1, 0.15) is 5.82 Å². The molecule has 1 aliphatic rings. The van der Waals surface area contributed by atoms with E-state index in [-0.39, 0.29) is 30.1 Å². The summed E-state index contributed by atoms with van der Waals surface area (Å²) in [7, 11) is -3.18. The summed E-state index contributed by atoms with van der Waals surface area (Å²) in [5, 5.41) is 29.0. The number of aliphatic hydroxyl groups excluding tert-OH is 1. The molecular weight excluding hydrogens is 651 g/mol. The van der Waals surface area contributed by atoms with E-state index >= 15 is 0 Å². The number of aryl methyl sites for hydroxylation is 2. The number of aliphatic carboxylic acids is 2. The second-order valence-corrected chi connectivity index (χ2v) is 14.6. The molecule has 1 saturated heterocycles. The van der Waals surface area contributed by atoms with Gasteiger partial charge in [-0.1, -0.05) is 61.4 Å². The summed E-state index contributed by atoms with van der Waals surface area (Å²) >= 11 is 0. The van der Waals surface area contributed by atoms with Gasteiger partial charge in [0.15, 0.2) is 5.92 Å². The van der Waals surface area contributed by atoms with Crippen molar-refractivity contribution in [3.8, 4) is 0 Å². The van der Waals surface area contributed by atoms with Gasteiger partial charge in [-0.15, -0.1) is 0 Å². The third-order valence-corrected chi connectivity index (χ3v) is 9.79. The van der Waals surface area contributed by atoms with E-state index in [1.807, 2.05) is 48.5 Å². The molecule has 1 heterocycles. The molecule has 3 atom stereocenters. The van der Waals surface area contributed by atoms with Crippen LogP contribution in [0.3, 0.4) is 0 Å². The number of sulfonamides is 1. The highest BCUT2D eigenvalue weighted by Gasteiger charge is 2.48. The van der Waals surface area contributed by atoms with E-state index in [0.29, 0.717) is 44.2 Å². The summed E-state index contributed by atoms with van der Waals surface area (Å²) in [6.45, 7) is 0.416. The Labute approximate surface area is 287 Å². The fourth-order valence-electron chi connectivity index (χ4n) is 6.31. The minimum absolute atomic E-state index is 0.0436. The van der Waals surface area contributed by atoms with Gasteiger partial charge in [-0.25, -0.2) is 17.5 Å². The molecule has 12 heteroatoms. The van der Waals surface area contributed by atoms with Gasteiger partial charge in [0.2, 0.25) is 15.9 Å². The van der Waals surface area contributed by atoms with Crippen LogP contribution >= 0.6 is 0 Å². The van der Waals surface area contributed by atoms with Crippen molar-refractivity contribution in [2.45, 2.75) is 76.4 Å². The molecule has 0 bridgehead atoms. The Morgan fingerprint density at radius 3 is 1.96 bits per heavy atom. The van der Waals surface area contributed by atoms with Crippen molar-refractivity contribution in [1.82, 2.24) is 4.72 Å². The number of anilines is 1. The maximum absolute atomic E-state index is 13.6. The largest absolute Gasteiger partial charge is 0.481 e. The quantitative estimate of drug-likeness (QED) is 0.0655. The van der Waals surface area contributed by atoms with Gasteiger partial charge in [-0.3, -0.25) is 14.4 Å². The lowest BCUT2D eigenvalue weighted by Crippen LogP contribution is -2.55. The Bertz CT molecular complexity index is 1650. The number of β-lactam (4-membered cyclic amide) rings is 1. The Kier molecular flexibility index (Phi) is 13.5. The number of carbonyl (C=O) groups excluding carboxylic acids is 1. The maximum Gasteiger partial charge on any atom is 0.317 e. The second kappa shape index (κ2) is 17.5. The zero-order valence-corrected chi connectivity index (χ0v) is 28.4. The number of hydrogen-bond donors (Lipinski definition) is 4. The van der Waals surface area contributed by atoms with Gasteiger partial charge in [-0.2, -0.15) is 0 Å². The van der Waals surface area contributed by atoms with Crippen molar-refractivity contribution < 1.29 is 42.5 Å². The number of halogens is 1. The Morgan fingerprint density at radius 1 is 0.816 bits per heavy atom. The number of hydrogen-bond acceptors (Lipinski definition) is 6. The number of carbonyl (C=O) groups is 3. The Balaban J connectivity index is 1.41.